The highest BCUT2D eigenvalue weighted by molar-refractivity contribution is 5.64. The lowest BCUT2D eigenvalue weighted by Crippen LogP contribution is -1.91. The fraction of sp³-hybridized carbons (Fsp3) is 0.167. The predicted molar refractivity (Wildman–Crippen MR) is 60.4 cm³/mol. The highest BCUT2D eigenvalue weighted by Crippen LogP contribution is 2.24. The number of benzene rings is 1. The molecule has 2 rings (SSSR count). The number of hydrogen-bond donors (Lipinski definition) is 1. The molecule has 1 N–H and O–H groups in total. The number of rotatable bonds is 2. The van der Waals surface area contributed by atoms with Gasteiger partial charge in [-0.15, -0.1) is 0 Å². The molecule has 0 aliphatic heterocycles. The first kappa shape index (κ1) is 10.4. The second-order valence-corrected chi connectivity index (χ2v) is 3.52. The molecule has 82 valence electrons. The molecule has 0 aliphatic rings. The molecule has 0 atom stereocenters. The third-order valence-electron chi connectivity index (χ3n) is 2.21. The maximum absolute atomic E-state index is 9.49. The van der Waals surface area contributed by atoms with E-state index in [0.717, 1.165) is 16.7 Å². The van der Waals surface area contributed by atoms with Gasteiger partial charge in [-0.25, -0.2) is 9.97 Å². The molecule has 4 heteroatoms. The summed E-state index contributed by atoms with van der Waals surface area (Å²) < 4.78 is 4.88. The topological polar surface area (TPSA) is 55.2 Å². The summed E-state index contributed by atoms with van der Waals surface area (Å²) in [7, 11) is 1.52. The summed E-state index contributed by atoms with van der Waals surface area (Å²) in [6.45, 7) is 1.92. The van der Waals surface area contributed by atoms with Crippen LogP contribution < -0.4 is 4.74 Å². The Hall–Kier alpha value is -2.10. The highest BCUT2D eigenvalue weighted by Gasteiger charge is 2.02. The first-order valence-electron chi connectivity index (χ1n) is 4.86. The highest BCUT2D eigenvalue weighted by atomic mass is 16.5. The number of phenols is 1. The number of aromatic hydroxyl groups is 1. The van der Waals surface area contributed by atoms with E-state index in [4.69, 9.17) is 4.74 Å². The van der Waals surface area contributed by atoms with E-state index >= 15 is 0 Å². The average Bonchev–Trinajstić information content (AvgIpc) is 2.28. The minimum atomic E-state index is 0.241. The van der Waals surface area contributed by atoms with Gasteiger partial charge < -0.3 is 9.84 Å². The molecule has 0 fully saturated rings. The largest absolute Gasteiger partial charge is 0.508 e. The SMILES string of the molecule is COc1ncc(-c2cc(C)cc(O)c2)cn1. The van der Waals surface area contributed by atoms with Gasteiger partial charge in [0.25, 0.3) is 0 Å². The summed E-state index contributed by atoms with van der Waals surface area (Å²) in [6, 6.07) is 5.68. The zero-order valence-electron chi connectivity index (χ0n) is 9.14. The Balaban J connectivity index is 2.42. The minimum Gasteiger partial charge on any atom is -0.508 e. The molecule has 1 aromatic carbocycles. The minimum absolute atomic E-state index is 0.241. The molecule has 0 aliphatic carbocycles. The van der Waals surface area contributed by atoms with Crippen LogP contribution in [0.4, 0.5) is 0 Å². The van der Waals surface area contributed by atoms with Crippen LogP contribution in [-0.2, 0) is 0 Å². The van der Waals surface area contributed by atoms with Gasteiger partial charge >= 0.3 is 6.01 Å². The Morgan fingerprint density at radius 2 is 1.75 bits per heavy atom. The van der Waals surface area contributed by atoms with Gasteiger partial charge in [0.05, 0.1) is 7.11 Å². The number of methoxy groups -OCH3 is 1. The summed E-state index contributed by atoms with van der Waals surface area (Å²) in [5.74, 6) is 0.241. The van der Waals surface area contributed by atoms with Crippen LogP contribution in [-0.4, -0.2) is 22.2 Å². The van der Waals surface area contributed by atoms with Crippen molar-refractivity contribution < 1.29 is 9.84 Å². The van der Waals surface area contributed by atoms with Gasteiger partial charge in [0.15, 0.2) is 0 Å². The summed E-state index contributed by atoms with van der Waals surface area (Å²) in [5, 5.41) is 9.49. The second kappa shape index (κ2) is 4.18. The fourth-order valence-electron chi connectivity index (χ4n) is 1.50. The molecule has 0 saturated carbocycles. The molecule has 16 heavy (non-hydrogen) atoms. The molecular formula is C12H12N2O2. The Morgan fingerprint density at radius 3 is 2.31 bits per heavy atom. The van der Waals surface area contributed by atoms with Crippen LogP contribution in [0.2, 0.25) is 0 Å². The third-order valence-corrected chi connectivity index (χ3v) is 2.21. The molecule has 0 bridgehead atoms. The molecule has 0 unspecified atom stereocenters. The zero-order chi connectivity index (χ0) is 11.5. The van der Waals surface area contributed by atoms with Crippen molar-refractivity contribution in [2.45, 2.75) is 6.92 Å². The van der Waals surface area contributed by atoms with Crippen molar-refractivity contribution >= 4 is 0 Å². The van der Waals surface area contributed by atoms with Crippen molar-refractivity contribution in [1.29, 1.82) is 0 Å². The van der Waals surface area contributed by atoms with Gasteiger partial charge in [-0.05, 0) is 30.2 Å². The quantitative estimate of drug-likeness (QED) is 0.835. The van der Waals surface area contributed by atoms with Gasteiger partial charge in [0.1, 0.15) is 5.75 Å². The van der Waals surface area contributed by atoms with E-state index in [1.807, 2.05) is 13.0 Å². The monoisotopic (exact) mass is 216 g/mol. The first-order chi connectivity index (χ1) is 7.69. The average molecular weight is 216 g/mol. The summed E-state index contributed by atoms with van der Waals surface area (Å²) in [6.07, 6.45) is 3.33. The lowest BCUT2D eigenvalue weighted by Gasteiger charge is -2.04. The molecule has 1 heterocycles. The zero-order valence-corrected chi connectivity index (χ0v) is 9.14. The van der Waals surface area contributed by atoms with Crippen molar-refractivity contribution in [3.05, 3.63) is 36.2 Å². The normalized spacial score (nSPS) is 10.1. The molecule has 0 saturated heterocycles. The van der Waals surface area contributed by atoms with E-state index in [2.05, 4.69) is 9.97 Å². The number of nitrogens with zero attached hydrogens (tertiary/aromatic N) is 2. The maximum atomic E-state index is 9.49. The number of aromatic nitrogens is 2. The molecule has 4 nitrogen and oxygen atoms in total. The van der Waals surface area contributed by atoms with Gasteiger partial charge in [-0.3, -0.25) is 0 Å². The van der Waals surface area contributed by atoms with Gasteiger partial charge in [-0.1, -0.05) is 6.07 Å². The molecule has 1 aromatic heterocycles. The Morgan fingerprint density at radius 1 is 1.06 bits per heavy atom. The predicted octanol–water partition coefficient (Wildman–Crippen LogP) is 2.17. The standard InChI is InChI=1S/C12H12N2O2/c1-8-3-9(5-11(15)4-8)10-6-13-12(16-2)14-7-10/h3-7,15H,1-2H3. The van der Waals surface area contributed by atoms with E-state index < -0.39 is 0 Å². The van der Waals surface area contributed by atoms with E-state index in [9.17, 15) is 5.11 Å². The van der Waals surface area contributed by atoms with E-state index in [1.54, 1.807) is 24.5 Å². The third kappa shape index (κ3) is 2.11. The van der Waals surface area contributed by atoms with Crippen molar-refractivity contribution in [2.75, 3.05) is 7.11 Å². The Kier molecular flexibility index (Phi) is 2.72. The smallest absolute Gasteiger partial charge is 0.316 e. The van der Waals surface area contributed by atoms with Crippen LogP contribution in [0.1, 0.15) is 5.56 Å². The van der Waals surface area contributed by atoms with Crippen molar-refractivity contribution in [3.8, 4) is 22.9 Å². The summed E-state index contributed by atoms with van der Waals surface area (Å²) in [5.41, 5.74) is 2.73. The molecule has 0 amide bonds. The summed E-state index contributed by atoms with van der Waals surface area (Å²) in [4.78, 5) is 8.04. The molecule has 0 spiro atoms. The van der Waals surface area contributed by atoms with E-state index in [-0.39, 0.29) is 5.75 Å². The van der Waals surface area contributed by atoms with Crippen LogP contribution >= 0.6 is 0 Å². The van der Waals surface area contributed by atoms with Gasteiger partial charge in [0.2, 0.25) is 0 Å². The van der Waals surface area contributed by atoms with Crippen LogP contribution in [0.15, 0.2) is 30.6 Å². The number of hydrogen-bond acceptors (Lipinski definition) is 4. The lowest BCUT2D eigenvalue weighted by atomic mass is 10.1. The van der Waals surface area contributed by atoms with Crippen molar-refractivity contribution in [1.82, 2.24) is 9.97 Å². The molecule has 0 radical (unpaired) electrons. The van der Waals surface area contributed by atoms with Crippen molar-refractivity contribution in [3.63, 3.8) is 0 Å². The first-order valence-corrected chi connectivity index (χ1v) is 4.86. The Labute approximate surface area is 93.6 Å². The summed E-state index contributed by atoms with van der Waals surface area (Å²) >= 11 is 0. The van der Waals surface area contributed by atoms with Gasteiger partial charge in [0, 0.05) is 18.0 Å². The van der Waals surface area contributed by atoms with E-state index in [1.165, 1.54) is 7.11 Å². The number of ether oxygens (including phenoxy) is 1. The van der Waals surface area contributed by atoms with Gasteiger partial charge in [-0.2, -0.15) is 0 Å². The van der Waals surface area contributed by atoms with Crippen LogP contribution in [0.25, 0.3) is 11.1 Å². The van der Waals surface area contributed by atoms with Crippen LogP contribution in [0.5, 0.6) is 11.8 Å². The van der Waals surface area contributed by atoms with Crippen LogP contribution in [0, 0.1) is 6.92 Å². The number of phenolic OH excluding ortho intramolecular Hbond substituents is 1. The van der Waals surface area contributed by atoms with Crippen LogP contribution in [0.3, 0.4) is 0 Å². The lowest BCUT2D eigenvalue weighted by molar-refractivity contribution is 0.380. The Bertz CT molecular complexity index is 475. The molecule has 2 aromatic rings. The number of aryl methyl sites for hydroxylation is 1. The van der Waals surface area contributed by atoms with Crippen molar-refractivity contribution in [2.24, 2.45) is 0 Å². The van der Waals surface area contributed by atoms with E-state index in [0.29, 0.717) is 6.01 Å². The maximum Gasteiger partial charge on any atom is 0.316 e. The second-order valence-electron chi connectivity index (χ2n) is 3.52. The fourth-order valence-corrected chi connectivity index (χ4v) is 1.50. The molecular weight excluding hydrogens is 204 g/mol.